The minimum atomic E-state index is -0.498. The molecule has 0 bridgehead atoms. The van der Waals surface area contributed by atoms with Crippen molar-refractivity contribution < 1.29 is 9.47 Å². The molecular formula is C16H17ClO2. The summed E-state index contributed by atoms with van der Waals surface area (Å²) in [6.45, 7) is 2.81. The Morgan fingerprint density at radius 3 is 2.26 bits per heavy atom. The number of benzene rings is 2. The zero-order valence-corrected chi connectivity index (χ0v) is 11.6. The van der Waals surface area contributed by atoms with Gasteiger partial charge in [0.2, 0.25) is 0 Å². The molecule has 1 unspecified atom stereocenters. The number of hydrogen-bond donors (Lipinski definition) is 0. The summed E-state index contributed by atoms with van der Waals surface area (Å²) in [6.07, 6.45) is 0.997. The first-order valence-corrected chi connectivity index (χ1v) is 6.82. The van der Waals surface area contributed by atoms with Crippen molar-refractivity contribution in [3.8, 4) is 11.5 Å². The highest BCUT2D eigenvalue weighted by atomic mass is 35.5. The van der Waals surface area contributed by atoms with E-state index in [0.29, 0.717) is 0 Å². The van der Waals surface area contributed by atoms with E-state index in [9.17, 15) is 0 Å². The second-order valence-corrected chi connectivity index (χ2v) is 4.56. The summed E-state index contributed by atoms with van der Waals surface area (Å²) in [6, 6.07) is 17.2. The number of para-hydroxylation sites is 1. The van der Waals surface area contributed by atoms with Crippen LogP contribution < -0.4 is 9.47 Å². The quantitative estimate of drug-likeness (QED) is 0.706. The minimum Gasteiger partial charge on any atom is -0.494 e. The van der Waals surface area contributed by atoms with Crippen LogP contribution in [0.5, 0.6) is 11.5 Å². The van der Waals surface area contributed by atoms with Gasteiger partial charge in [0.05, 0.1) is 6.61 Å². The molecule has 0 heterocycles. The number of halogens is 1. The van der Waals surface area contributed by atoms with Crippen molar-refractivity contribution in [2.24, 2.45) is 0 Å². The monoisotopic (exact) mass is 276 g/mol. The molecule has 0 aromatic heterocycles. The second-order valence-electron chi connectivity index (χ2n) is 4.16. The van der Waals surface area contributed by atoms with Crippen LogP contribution in [0.4, 0.5) is 0 Å². The van der Waals surface area contributed by atoms with Gasteiger partial charge in [0.25, 0.3) is 0 Å². The first-order valence-electron chi connectivity index (χ1n) is 6.38. The molecule has 19 heavy (non-hydrogen) atoms. The Balaban J connectivity index is 1.97. The third-order valence-electron chi connectivity index (χ3n) is 2.60. The molecule has 2 aromatic carbocycles. The number of alkyl halides is 1. The summed E-state index contributed by atoms with van der Waals surface area (Å²) >= 11 is 6.23. The van der Waals surface area contributed by atoms with Gasteiger partial charge >= 0.3 is 0 Å². The highest BCUT2D eigenvalue weighted by Gasteiger charge is 2.09. The molecule has 100 valence electrons. The predicted octanol–water partition coefficient (Wildman–Crippen LogP) is 4.79. The van der Waals surface area contributed by atoms with E-state index in [1.54, 1.807) is 0 Å². The summed E-state index contributed by atoms with van der Waals surface area (Å²) in [7, 11) is 0. The zero-order chi connectivity index (χ0) is 13.5. The largest absolute Gasteiger partial charge is 0.494 e. The van der Waals surface area contributed by atoms with E-state index in [0.717, 1.165) is 30.1 Å². The molecule has 0 spiro atoms. The molecule has 0 aliphatic carbocycles. The Labute approximate surface area is 118 Å². The van der Waals surface area contributed by atoms with Crippen LogP contribution in [0.3, 0.4) is 0 Å². The molecule has 1 atom stereocenters. The van der Waals surface area contributed by atoms with Crippen LogP contribution in [-0.4, -0.2) is 6.61 Å². The lowest BCUT2D eigenvalue weighted by atomic mass is 10.2. The Hall–Kier alpha value is -1.67. The van der Waals surface area contributed by atoms with E-state index in [1.807, 2.05) is 54.6 Å². The maximum absolute atomic E-state index is 6.23. The third kappa shape index (κ3) is 4.18. The molecule has 2 nitrogen and oxygen atoms in total. The number of ether oxygens (including phenoxy) is 2. The molecule has 0 saturated heterocycles. The Morgan fingerprint density at radius 2 is 1.63 bits per heavy atom. The van der Waals surface area contributed by atoms with Gasteiger partial charge in [-0.2, -0.15) is 0 Å². The van der Waals surface area contributed by atoms with E-state index in [1.165, 1.54) is 0 Å². The number of rotatable bonds is 6. The van der Waals surface area contributed by atoms with Gasteiger partial charge in [-0.25, -0.2) is 0 Å². The van der Waals surface area contributed by atoms with E-state index in [-0.39, 0.29) is 0 Å². The van der Waals surface area contributed by atoms with Gasteiger partial charge in [0, 0.05) is 5.56 Å². The van der Waals surface area contributed by atoms with Crippen LogP contribution in [0.1, 0.15) is 24.5 Å². The maximum Gasteiger partial charge on any atom is 0.197 e. The maximum atomic E-state index is 6.23. The highest BCUT2D eigenvalue weighted by molar-refractivity contribution is 6.20. The lowest BCUT2D eigenvalue weighted by molar-refractivity contribution is 0.287. The van der Waals surface area contributed by atoms with Crippen molar-refractivity contribution in [2.45, 2.75) is 18.9 Å². The van der Waals surface area contributed by atoms with Crippen molar-refractivity contribution in [3.63, 3.8) is 0 Å². The molecule has 0 fully saturated rings. The standard InChI is InChI=1S/C16H17ClO2/c1-2-12-18-14-10-8-13(9-11-14)16(17)19-15-6-4-3-5-7-15/h3-11,16H,2,12H2,1H3. The Morgan fingerprint density at radius 1 is 0.947 bits per heavy atom. The van der Waals surface area contributed by atoms with Crippen LogP contribution in [0, 0.1) is 0 Å². The lowest BCUT2D eigenvalue weighted by Crippen LogP contribution is -2.01. The molecule has 2 aromatic rings. The zero-order valence-electron chi connectivity index (χ0n) is 10.9. The van der Waals surface area contributed by atoms with Crippen molar-refractivity contribution in [3.05, 3.63) is 60.2 Å². The van der Waals surface area contributed by atoms with E-state index >= 15 is 0 Å². The fourth-order valence-corrected chi connectivity index (χ4v) is 1.87. The topological polar surface area (TPSA) is 18.5 Å². The van der Waals surface area contributed by atoms with Gasteiger partial charge in [0.15, 0.2) is 5.56 Å². The van der Waals surface area contributed by atoms with E-state index < -0.39 is 5.56 Å². The molecule has 0 aliphatic heterocycles. The van der Waals surface area contributed by atoms with Crippen molar-refractivity contribution in [1.29, 1.82) is 0 Å². The Bertz CT molecular complexity index is 482. The van der Waals surface area contributed by atoms with Crippen LogP contribution in [0.2, 0.25) is 0 Å². The van der Waals surface area contributed by atoms with Gasteiger partial charge < -0.3 is 9.47 Å². The van der Waals surface area contributed by atoms with Crippen LogP contribution in [0.25, 0.3) is 0 Å². The molecule has 0 saturated carbocycles. The van der Waals surface area contributed by atoms with E-state index in [4.69, 9.17) is 21.1 Å². The van der Waals surface area contributed by atoms with Crippen LogP contribution in [0.15, 0.2) is 54.6 Å². The van der Waals surface area contributed by atoms with Gasteiger partial charge in [-0.3, -0.25) is 0 Å². The molecule has 0 radical (unpaired) electrons. The van der Waals surface area contributed by atoms with Crippen molar-refractivity contribution in [2.75, 3.05) is 6.61 Å². The summed E-state index contributed by atoms with van der Waals surface area (Å²) in [5.74, 6) is 1.61. The highest BCUT2D eigenvalue weighted by Crippen LogP contribution is 2.26. The molecule has 3 heteroatoms. The SMILES string of the molecule is CCCOc1ccc(C(Cl)Oc2ccccc2)cc1. The van der Waals surface area contributed by atoms with Crippen LogP contribution in [-0.2, 0) is 0 Å². The molecule has 0 aliphatic rings. The first kappa shape index (κ1) is 13.8. The number of hydrogen-bond acceptors (Lipinski definition) is 2. The normalized spacial score (nSPS) is 11.9. The van der Waals surface area contributed by atoms with Crippen LogP contribution >= 0.6 is 11.6 Å². The Kier molecular flexibility index (Phi) is 5.10. The van der Waals surface area contributed by atoms with E-state index in [2.05, 4.69) is 6.92 Å². The average molecular weight is 277 g/mol. The predicted molar refractivity (Wildman–Crippen MR) is 77.9 cm³/mol. The van der Waals surface area contributed by atoms with Gasteiger partial charge in [-0.15, -0.1) is 0 Å². The second kappa shape index (κ2) is 7.05. The lowest BCUT2D eigenvalue weighted by Gasteiger charge is -2.13. The van der Waals surface area contributed by atoms with Crippen molar-refractivity contribution >= 4 is 11.6 Å². The summed E-state index contributed by atoms with van der Waals surface area (Å²) in [5, 5.41) is 0. The van der Waals surface area contributed by atoms with Gasteiger partial charge in [0.1, 0.15) is 11.5 Å². The summed E-state index contributed by atoms with van der Waals surface area (Å²) in [5.41, 5.74) is 0.414. The fraction of sp³-hybridized carbons (Fsp3) is 0.250. The van der Waals surface area contributed by atoms with Crippen molar-refractivity contribution in [1.82, 2.24) is 0 Å². The summed E-state index contributed by atoms with van der Waals surface area (Å²) in [4.78, 5) is 0. The average Bonchev–Trinajstić information content (AvgIpc) is 2.46. The summed E-state index contributed by atoms with van der Waals surface area (Å²) < 4.78 is 11.2. The smallest absolute Gasteiger partial charge is 0.197 e. The fourth-order valence-electron chi connectivity index (χ4n) is 1.62. The molecule has 0 N–H and O–H groups in total. The molecular weight excluding hydrogens is 260 g/mol. The minimum absolute atomic E-state index is 0.498. The third-order valence-corrected chi connectivity index (χ3v) is 2.94. The first-order chi connectivity index (χ1) is 9.29. The van der Waals surface area contributed by atoms with Gasteiger partial charge in [-0.1, -0.05) is 48.9 Å². The molecule has 0 amide bonds. The molecule has 2 rings (SSSR count). The van der Waals surface area contributed by atoms with Gasteiger partial charge in [-0.05, 0) is 30.7 Å².